The fourth-order valence-electron chi connectivity index (χ4n) is 1.32. The molecule has 0 bridgehead atoms. The van der Waals surface area contributed by atoms with Crippen LogP contribution in [0, 0.1) is 0 Å². The average molecular weight is 260 g/mol. The molecule has 0 aromatic rings. The minimum atomic E-state index is -0.364. The molecular weight excluding hydrogens is 236 g/mol. The monoisotopic (exact) mass is 260 g/mol. The number of likely N-dealkylation sites (N-methyl/N-ethyl adjacent to an activating group) is 1. The van der Waals surface area contributed by atoms with E-state index >= 15 is 0 Å². The van der Waals surface area contributed by atoms with Crippen LogP contribution in [-0.2, 0) is 19.1 Å². The van der Waals surface area contributed by atoms with Crippen LogP contribution in [0.2, 0.25) is 0 Å². The summed E-state index contributed by atoms with van der Waals surface area (Å²) in [5, 5.41) is 2.79. The van der Waals surface area contributed by atoms with Crippen molar-refractivity contribution in [1.82, 2.24) is 10.2 Å². The van der Waals surface area contributed by atoms with Crippen LogP contribution in [0.4, 0.5) is 0 Å². The van der Waals surface area contributed by atoms with Gasteiger partial charge in [-0.2, -0.15) is 0 Å². The minimum absolute atomic E-state index is 0.0992. The summed E-state index contributed by atoms with van der Waals surface area (Å²) < 4.78 is 9.71. The molecule has 0 aromatic heterocycles. The van der Waals surface area contributed by atoms with E-state index in [2.05, 4.69) is 5.32 Å². The lowest BCUT2D eigenvalue weighted by molar-refractivity contribution is -0.145. The van der Waals surface area contributed by atoms with Crippen LogP contribution in [0.15, 0.2) is 0 Å². The first-order chi connectivity index (χ1) is 8.52. The number of methoxy groups -OCH3 is 1. The zero-order chi connectivity index (χ0) is 14.0. The number of hydrogen-bond donors (Lipinski definition) is 1. The molecule has 6 nitrogen and oxygen atoms in total. The first-order valence-corrected chi connectivity index (χ1v) is 6.15. The molecule has 0 aliphatic carbocycles. The lowest BCUT2D eigenvalue weighted by Gasteiger charge is -2.22. The molecule has 6 heteroatoms. The van der Waals surface area contributed by atoms with Gasteiger partial charge in [0.05, 0.1) is 19.2 Å². The highest BCUT2D eigenvalue weighted by atomic mass is 16.5. The Morgan fingerprint density at radius 3 is 2.61 bits per heavy atom. The molecule has 0 saturated carbocycles. The van der Waals surface area contributed by atoms with E-state index < -0.39 is 0 Å². The Labute approximate surface area is 109 Å². The maximum atomic E-state index is 11.7. The zero-order valence-corrected chi connectivity index (χ0v) is 11.7. The van der Waals surface area contributed by atoms with Gasteiger partial charge < -0.3 is 14.8 Å². The van der Waals surface area contributed by atoms with Crippen molar-refractivity contribution in [3.63, 3.8) is 0 Å². The summed E-state index contributed by atoms with van der Waals surface area (Å²) >= 11 is 0. The Kier molecular flexibility index (Phi) is 9.22. The van der Waals surface area contributed by atoms with E-state index in [4.69, 9.17) is 9.47 Å². The highest BCUT2D eigenvalue weighted by Gasteiger charge is 2.19. The number of carbonyl (C=O) groups excluding carboxylic acids is 2. The summed E-state index contributed by atoms with van der Waals surface area (Å²) in [7, 11) is 3.34. The number of amides is 1. The van der Waals surface area contributed by atoms with Crippen LogP contribution < -0.4 is 5.32 Å². The molecule has 1 N–H and O–H groups in total. The summed E-state index contributed by atoms with van der Waals surface area (Å²) in [4.78, 5) is 24.7. The molecule has 1 amide bonds. The Bertz CT molecular complexity index is 258. The molecule has 0 aliphatic heterocycles. The van der Waals surface area contributed by atoms with E-state index in [0.29, 0.717) is 19.8 Å². The van der Waals surface area contributed by atoms with Crippen LogP contribution in [0.1, 0.15) is 20.3 Å². The van der Waals surface area contributed by atoms with Crippen molar-refractivity contribution in [2.75, 3.05) is 40.5 Å². The number of rotatable bonds is 9. The second kappa shape index (κ2) is 9.85. The van der Waals surface area contributed by atoms with E-state index in [9.17, 15) is 9.59 Å². The molecule has 0 aromatic carbocycles. The summed E-state index contributed by atoms with van der Waals surface area (Å²) in [5.74, 6) is -0.420. The fourth-order valence-corrected chi connectivity index (χ4v) is 1.32. The Hall–Kier alpha value is -1.14. The van der Waals surface area contributed by atoms with Gasteiger partial charge in [-0.3, -0.25) is 14.5 Å². The van der Waals surface area contributed by atoms with Crippen molar-refractivity contribution < 1.29 is 19.1 Å². The number of carbonyl (C=O) groups is 2. The van der Waals surface area contributed by atoms with E-state index in [0.717, 1.165) is 6.42 Å². The van der Waals surface area contributed by atoms with Crippen molar-refractivity contribution in [2.24, 2.45) is 0 Å². The summed E-state index contributed by atoms with van der Waals surface area (Å²) in [6.45, 7) is 5.16. The van der Waals surface area contributed by atoms with Crippen molar-refractivity contribution in [3.05, 3.63) is 0 Å². The van der Waals surface area contributed by atoms with Gasteiger partial charge >= 0.3 is 5.97 Å². The number of nitrogens with zero attached hydrogens (tertiary/aromatic N) is 1. The van der Waals surface area contributed by atoms with Crippen molar-refractivity contribution in [3.8, 4) is 0 Å². The average Bonchev–Trinajstić information content (AvgIpc) is 2.33. The largest absolute Gasteiger partial charge is 0.465 e. The van der Waals surface area contributed by atoms with Crippen LogP contribution in [0.3, 0.4) is 0 Å². The van der Waals surface area contributed by atoms with E-state index in [1.165, 1.54) is 0 Å². The van der Waals surface area contributed by atoms with Gasteiger partial charge in [0, 0.05) is 20.3 Å². The number of nitrogens with one attached hydrogen (secondary N) is 1. The van der Waals surface area contributed by atoms with Gasteiger partial charge in [-0.1, -0.05) is 0 Å². The Balaban J connectivity index is 3.92. The fraction of sp³-hybridized carbons (Fsp3) is 0.833. The highest BCUT2D eigenvalue weighted by molar-refractivity contribution is 5.82. The maximum Gasteiger partial charge on any atom is 0.320 e. The molecule has 0 heterocycles. The van der Waals surface area contributed by atoms with Crippen LogP contribution in [-0.4, -0.2) is 63.3 Å². The summed E-state index contributed by atoms with van der Waals surface area (Å²) in [6.07, 6.45) is 0.774. The van der Waals surface area contributed by atoms with Crippen LogP contribution >= 0.6 is 0 Å². The van der Waals surface area contributed by atoms with Gasteiger partial charge in [0.15, 0.2) is 0 Å². The van der Waals surface area contributed by atoms with Crippen molar-refractivity contribution in [1.29, 1.82) is 0 Å². The first kappa shape index (κ1) is 16.9. The molecule has 0 aliphatic rings. The Morgan fingerprint density at radius 2 is 2.06 bits per heavy atom. The second-order valence-electron chi connectivity index (χ2n) is 4.03. The zero-order valence-electron chi connectivity index (χ0n) is 11.7. The molecule has 0 saturated heterocycles. The van der Waals surface area contributed by atoms with Crippen molar-refractivity contribution >= 4 is 11.9 Å². The van der Waals surface area contributed by atoms with Gasteiger partial charge in [0.2, 0.25) is 5.91 Å². The third-order valence-electron chi connectivity index (χ3n) is 2.55. The Morgan fingerprint density at radius 1 is 1.39 bits per heavy atom. The van der Waals surface area contributed by atoms with Crippen LogP contribution in [0.5, 0.6) is 0 Å². The molecular formula is C12H24N2O4. The second-order valence-corrected chi connectivity index (χ2v) is 4.03. The predicted molar refractivity (Wildman–Crippen MR) is 68.2 cm³/mol. The van der Waals surface area contributed by atoms with E-state index in [-0.39, 0.29) is 24.5 Å². The van der Waals surface area contributed by atoms with Crippen LogP contribution in [0.25, 0.3) is 0 Å². The molecule has 0 radical (unpaired) electrons. The molecule has 106 valence electrons. The normalized spacial score (nSPS) is 12.3. The predicted octanol–water partition coefficient (Wildman–Crippen LogP) is 0.0225. The minimum Gasteiger partial charge on any atom is -0.465 e. The third kappa shape index (κ3) is 7.24. The van der Waals surface area contributed by atoms with Gasteiger partial charge in [-0.25, -0.2) is 0 Å². The van der Waals surface area contributed by atoms with Crippen molar-refractivity contribution in [2.45, 2.75) is 26.3 Å². The number of hydrogen-bond acceptors (Lipinski definition) is 5. The molecule has 1 unspecified atom stereocenters. The van der Waals surface area contributed by atoms with E-state index in [1.54, 1.807) is 32.9 Å². The summed E-state index contributed by atoms with van der Waals surface area (Å²) in [6, 6.07) is -0.364. The van der Waals surface area contributed by atoms with E-state index in [1.807, 2.05) is 0 Å². The standard InChI is InChI=1S/C12H24N2O4/c1-5-18-11(15)9-14(3)10(2)12(16)13-7-6-8-17-4/h10H,5-9H2,1-4H3,(H,13,16). The number of ether oxygens (including phenoxy) is 2. The highest BCUT2D eigenvalue weighted by Crippen LogP contribution is 1.96. The molecule has 18 heavy (non-hydrogen) atoms. The first-order valence-electron chi connectivity index (χ1n) is 6.15. The van der Waals surface area contributed by atoms with Gasteiger partial charge in [-0.05, 0) is 27.3 Å². The van der Waals surface area contributed by atoms with Gasteiger partial charge in [0.1, 0.15) is 0 Å². The topological polar surface area (TPSA) is 67.9 Å². The molecule has 0 fully saturated rings. The SMILES string of the molecule is CCOC(=O)CN(C)C(C)C(=O)NCCCOC. The lowest BCUT2D eigenvalue weighted by atomic mass is 10.2. The lowest BCUT2D eigenvalue weighted by Crippen LogP contribution is -2.45. The quantitative estimate of drug-likeness (QED) is 0.468. The molecule has 0 spiro atoms. The molecule has 1 atom stereocenters. The third-order valence-corrected chi connectivity index (χ3v) is 2.55. The van der Waals surface area contributed by atoms with Gasteiger partial charge in [0.25, 0.3) is 0 Å². The maximum absolute atomic E-state index is 11.7. The molecule has 0 rings (SSSR count). The number of esters is 1. The smallest absolute Gasteiger partial charge is 0.320 e. The van der Waals surface area contributed by atoms with Gasteiger partial charge in [-0.15, -0.1) is 0 Å². The summed E-state index contributed by atoms with van der Waals surface area (Å²) in [5.41, 5.74) is 0.